The third-order valence-corrected chi connectivity index (χ3v) is 3.26. The van der Waals surface area contributed by atoms with Gasteiger partial charge in [0.1, 0.15) is 5.78 Å². The van der Waals surface area contributed by atoms with Gasteiger partial charge in [0.25, 0.3) is 0 Å². The van der Waals surface area contributed by atoms with E-state index in [-0.39, 0.29) is 17.7 Å². The molecule has 1 aromatic rings. The van der Waals surface area contributed by atoms with Gasteiger partial charge in [0, 0.05) is 18.4 Å². The van der Waals surface area contributed by atoms with Crippen molar-refractivity contribution in [2.75, 3.05) is 0 Å². The number of benzene rings is 1. The van der Waals surface area contributed by atoms with Crippen LogP contribution in [-0.2, 0) is 4.79 Å². The number of carbonyl (C=O) groups is 1. The summed E-state index contributed by atoms with van der Waals surface area (Å²) in [6.45, 7) is 4.08. The molecule has 17 heavy (non-hydrogen) atoms. The van der Waals surface area contributed by atoms with Crippen molar-refractivity contribution in [3.63, 3.8) is 0 Å². The Morgan fingerprint density at radius 2 is 1.88 bits per heavy atom. The van der Waals surface area contributed by atoms with Gasteiger partial charge >= 0.3 is 0 Å². The average Bonchev–Trinajstić information content (AvgIpc) is 2.38. The predicted octanol–water partition coefficient (Wildman–Crippen LogP) is 3.47. The fourth-order valence-electron chi connectivity index (χ4n) is 1.94. The fourth-order valence-corrected chi connectivity index (χ4v) is 1.94. The second-order valence-electron chi connectivity index (χ2n) is 4.65. The number of ketones is 1. The van der Waals surface area contributed by atoms with E-state index in [1.54, 1.807) is 0 Å². The number of Topliss-reactive ketones (excluding diaryl/α,β-unsaturated/α-hetero) is 1. The maximum absolute atomic E-state index is 12.0. The molecule has 0 bridgehead atoms. The van der Waals surface area contributed by atoms with Crippen LogP contribution in [0.3, 0.4) is 0 Å². The molecule has 2 N–H and O–H groups in total. The third kappa shape index (κ3) is 4.31. The maximum Gasteiger partial charge on any atom is 0.137 e. The second kappa shape index (κ2) is 7.23. The minimum atomic E-state index is -0.176. The molecule has 1 aromatic carbocycles. The highest BCUT2D eigenvalue weighted by Crippen LogP contribution is 2.21. The normalized spacial score (nSPS) is 14.3. The quantitative estimate of drug-likeness (QED) is 0.733. The van der Waals surface area contributed by atoms with Crippen molar-refractivity contribution in [3.05, 3.63) is 35.9 Å². The van der Waals surface area contributed by atoms with Crippen molar-refractivity contribution in [2.24, 2.45) is 11.7 Å². The molecule has 0 aliphatic heterocycles. The molecular weight excluding hydrogens is 210 g/mol. The smallest absolute Gasteiger partial charge is 0.137 e. The largest absolute Gasteiger partial charge is 0.323 e. The molecule has 2 unspecified atom stereocenters. The average molecular weight is 233 g/mol. The lowest BCUT2D eigenvalue weighted by atomic mass is 9.90. The lowest BCUT2D eigenvalue weighted by molar-refractivity contribution is -0.123. The summed E-state index contributed by atoms with van der Waals surface area (Å²) in [5.41, 5.74) is 7.17. The molecule has 1 rings (SSSR count). The van der Waals surface area contributed by atoms with Crippen LogP contribution in [0, 0.1) is 5.92 Å². The molecule has 0 saturated heterocycles. The predicted molar refractivity (Wildman–Crippen MR) is 71.7 cm³/mol. The van der Waals surface area contributed by atoms with Crippen molar-refractivity contribution in [1.29, 1.82) is 0 Å². The Hall–Kier alpha value is -1.15. The van der Waals surface area contributed by atoms with E-state index in [1.165, 1.54) is 0 Å². The number of hydrogen-bond donors (Lipinski definition) is 1. The maximum atomic E-state index is 12.0. The molecule has 0 saturated carbocycles. The van der Waals surface area contributed by atoms with Gasteiger partial charge < -0.3 is 5.73 Å². The molecule has 0 radical (unpaired) electrons. The number of unbranched alkanes of at least 4 members (excludes halogenated alkanes) is 2. The van der Waals surface area contributed by atoms with Crippen LogP contribution in [0.2, 0.25) is 0 Å². The minimum absolute atomic E-state index is 0.0887. The summed E-state index contributed by atoms with van der Waals surface area (Å²) >= 11 is 0. The summed E-state index contributed by atoms with van der Waals surface area (Å²) < 4.78 is 0. The van der Waals surface area contributed by atoms with Crippen molar-refractivity contribution in [3.8, 4) is 0 Å². The van der Waals surface area contributed by atoms with Crippen LogP contribution in [0.1, 0.15) is 51.1 Å². The first kappa shape index (κ1) is 13.9. The topological polar surface area (TPSA) is 43.1 Å². The summed E-state index contributed by atoms with van der Waals surface area (Å²) in [6, 6.07) is 9.68. The van der Waals surface area contributed by atoms with Crippen molar-refractivity contribution in [1.82, 2.24) is 0 Å². The van der Waals surface area contributed by atoms with Crippen LogP contribution in [-0.4, -0.2) is 5.78 Å². The van der Waals surface area contributed by atoms with E-state index in [0.717, 1.165) is 24.8 Å². The van der Waals surface area contributed by atoms with Crippen molar-refractivity contribution in [2.45, 2.75) is 45.6 Å². The van der Waals surface area contributed by atoms with E-state index in [2.05, 4.69) is 6.92 Å². The molecule has 2 nitrogen and oxygen atoms in total. The van der Waals surface area contributed by atoms with E-state index >= 15 is 0 Å². The minimum Gasteiger partial charge on any atom is -0.323 e. The van der Waals surface area contributed by atoms with E-state index in [1.807, 2.05) is 37.3 Å². The molecule has 0 aliphatic rings. The number of nitrogens with two attached hydrogens (primary N) is 1. The van der Waals surface area contributed by atoms with Gasteiger partial charge in [0.15, 0.2) is 0 Å². The van der Waals surface area contributed by atoms with E-state index in [4.69, 9.17) is 5.73 Å². The van der Waals surface area contributed by atoms with Gasteiger partial charge in [-0.3, -0.25) is 4.79 Å². The van der Waals surface area contributed by atoms with Gasteiger partial charge in [-0.05, 0) is 12.0 Å². The molecule has 0 amide bonds. The third-order valence-electron chi connectivity index (χ3n) is 3.26. The molecule has 0 spiro atoms. The molecule has 0 aliphatic carbocycles. The van der Waals surface area contributed by atoms with Crippen molar-refractivity contribution >= 4 is 5.78 Å². The van der Waals surface area contributed by atoms with E-state index < -0.39 is 0 Å². The first-order chi connectivity index (χ1) is 8.16. The summed E-state index contributed by atoms with van der Waals surface area (Å²) in [7, 11) is 0. The summed E-state index contributed by atoms with van der Waals surface area (Å²) in [5, 5.41) is 0. The van der Waals surface area contributed by atoms with Crippen LogP contribution < -0.4 is 5.73 Å². The SMILES string of the molecule is CCCCCC(=O)C(C)C(N)c1ccccc1. The number of hydrogen-bond acceptors (Lipinski definition) is 2. The Morgan fingerprint density at radius 1 is 1.24 bits per heavy atom. The number of carbonyl (C=O) groups excluding carboxylic acids is 1. The van der Waals surface area contributed by atoms with Crippen LogP contribution in [0.5, 0.6) is 0 Å². The molecule has 2 atom stereocenters. The van der Waals surface area contributed by atoms with Gasteiger partial charge in [-0.1, -0.05) is 57.0 Å². The molecular formula is C15H23NO. The van der Waals surface area contributed by atoms with Crippen molar-refractivity contribution < 1.29 is 4.79 Å². The lowest BCUT2D eigenvalue weighted by Crippen LogP contribution is -2.25. The fraction of sp³-hybridized carbons (Fsp3) is 0.533. The Labute approximate surface area is 104 Å². The van der Waals surface area contributed by atoms with E-state index in [9.17, 15) is 4.79 Å². The van der Waals surface area contributed by atoms with Crippen LogP contribution >= 0.6 is 0 Å². The van der Waals surface area contributed by atoms with Crippen LogP contribution in [0.4, 0.5) is 0 Å². The molecule has 0 heterocycles. The zero-order valence-electron chi connectivity index (χ0n) is 10.9. The molecule has 0 fully saturated rings. The highest BCUT2D eigenvalue weighted by atomic mass is 16.1. The Balaban J connectivity index is 2.51. The van der Waals surface area contributed by atoms with Gasteiger partial charge in [0.05, 0.1) is 0 Å². The zero-order valence-corrected chi connectivity index (χ0v) is 10.9. The van der Waals surface area contributed by atoms with E-state index in [0.29, 0.717) is 6.42 Å². The zero-order chi connectivity index (χ0) is 12.7. The highest BCUT2D eigenvalue weighted by Gasteiger charge is 2.21. The number of rotatable bonds is 7. The monoisotopic (exact) mass is 233 g/mol. The Kier molecular flexibility index (Phi) is 5.92. The Morgan fingerprint density at radius 3 is 2.47 bits per heavy atom. The van der Waals surface area contributed by atoms with Gasteiger partial charge in [-0.2, -0.15) is 0 Å². The Bertz CT molecular complexity index is 334. The van der Waals surface area contributed by atoms with Gasteiger partial charge in [-0.25, -0.2) is 0 Å². The second-order valence-corrected chi connectivity index (χ2v) is 4.65. The molecule has 94 valence electrons. The summed E-state index contributed by atoms with van der Waals surface area (Å²) in [4.78, 5) is 12.0. The van der Waals surface area contributed by atoms with Crippen LogP contribution in [0.25, 0.3) is 0 Å². The summed E-state index contributed by atoms with van der Waals surface area (Å²) in [6.07, 6.45) is 3.92. The first-order valence-electron chi connectivity index (χ1n) is 6.50. The van der Waals surface area contributed by atoms with Gasteiger partial charge in [0.2, 0.25) is 0 Å². The summed E-state index contributed by atoms with van der Waals surface area (Å²) in [5.74, 6) is 0.198. The molecule has 2 heteroatoms. The highest BCUT2D eigenvalue weighted by molar-refractivity contribution is 5.81. The standard InChI is InChI=1S/C15H23NO/c1-3-4-6-11-14(17)12(2)15(16)13-9-7-5-8-10-13/h5,7-10,12,15H,3-4,6,11,16H2,1-2H3. The lowest BCUT2D eigenvalue weighted by Gasteiger charge is -2.19. The van der Waals surface area contributed by atoms with Crippen LogP contribution in [0.15, 0.2) is 30.3 Å². The first-order valence-corrected chi connectivity index (χ1v) is 6.50. The molecule has 0 aromatic heterocycles. The van der Waals surface area contributed by atoms with Gasteiger partial charge in [-0.15, -0.1) is 0 Å².